The molecule has 1 atom stereocenters. The van der Waals surface area contributed by atoms with Crippen molar-refractivity contribution in [2.45, 2.75) is 38.4 Å². The molecule has 0 bridgehead atoms. The molecule has 0 aliphatic carbocycles. The molecule has 3 aromatic rings. The van der Waals surface area contributed by atoms with E-state index in [0.717, 1.165) is 31.4 Å². The molecule has 11 heteroatoms. The van der Waals surface area contributed by atoms with Crippen LogP contribution in [0.1, 0.15) is 31.7 Å². The van der Waals surface area contributed by atoms with Gasteiger partial charge in [-0.2, -0.15) is 18.2 Å². The first-order valence-corrected chi connectivity index (χ1v) is 10.6. The molecule has 0 spiro atoms. The molecule has 1 fully saturated rings. The Balaban J connectivity index is 1.63. The number of carboxylic acids is 1. The number of carbonyl (C=O) groups is 1. The largest absolute Gasteiger partial charge is 0.479 e. The zero-order valence-corrected chi connectivity index (χ0v) is 18.1. The van der Waals surface area contributed by atoms with Crippen LogP contribution in [0.15, 0.2) is 40.9 Å². The van der Waals surface area contributed by atoms with Crippen LogP contribution in [-0.2, 0) is 11.0 Å². The van der Waals surface area contributed by atoms with E-state index in [1.54, 1.807) is 4.90 Å². The topological polar surface area (TPSA) is 88.7 Å². The second kappa shape index (κ2) is 9.32. The van der Waals surface area contributed by atoms with E-state index in [9.17, 15) is 22.4 Å². The normalized spacial score (nSPS) is 16.5. The molecule has 2 aromatic carbocycles. The number of piperidine rings is 1. The standard InChI is InChI=1S/C23H21F4N3O4/c1-13-4-2-3-9-30(13)18-7-5-15(10-16(18)23(25,26)27)22-28-21(29-34-22)14-6-8-19(17(24)11-14)33-12-20(31)32/h5-8,10-11,13H,2-4,9,12H2,1H3,(H,31,32). The van der Waals surface area contributed by atoms with Gasteiger partial charge in [0.25, 0.3) is 5.89 Å². The lowest BCUT2D eigenvalue weighted by molar-refractivity contribution is -0.139. The van der Waals surface area contributed by atoms with Crippen LogP contribution >= 0.6 is 0 Å². The first-order chi connectivity index (χ1) is 16.1. The van der Waals surface area contributed by atoms with Crippen LogP contribution in [0.25, 0.3) is 22.8 Å². The molecule has 1 aliphatic rings. The van der Waals surface area contributed by atoms with Gasteiger partial charge in [0.05, 0.1) is 5.56 Å². The lowest BCUT2D eigenvalue weighted by atomic mass is 9.99. The summed E-state index contributed by atoms with van der Waals surface area (Å²) in [5, 5.41) is 12.4. The van der Waals surface area contributed by atoms with E-state index in [1.807, 2.05) is 6.92 Å². The number of aromatic nitrogens is 2. The van der Waals surface area contributed by atoms with Crippen LogP contribution in [-0.4, -0.2) is 40.4 Å². The van der Waals surface area contributed by atoms with E-state index in [0.29, 0.717) is 6.54 Å². The number of alkyl halides is 3. The minimum Gasteiger partial charge on any atom is -0.479 e. The molecule has 4 rings (SSSR count). The Morgan fingerprint density at radius 2 is 1.97 bits per heavy atom. The molecule has 0 radical (unpaired) electrons. The van der Waals surface area contributed by atoms with Gasteiger partial charge in [-0.05, 0) is 62.6 Å². The fourth-order valence-corrected chi connectivity index (χ4v) is 3.96. The van der Waals surface area contributed by atoms with Gasteiger partial charge in [-0.25, -0.2) is 9.18 Å². The molecule has 1 saturated heterocycles. The summed E-state index contributed by atoms with van der Waals surface area (Å²) in [5.74, 6) is -2.56. The molecule has 7 nitrogen and oxygen atoms in total. The van der Waals surface area contributed by atoms with Crippen LogP contribution in [0.4, 0.5) is 23.2 Å². The average Bonchev–Trinajstić information content (AvgIpc) is 3.28. The van der Waals surface area contributed by atoms with Crippen molar-refractivity contribution in [3.05, 3.63) is 47.8 Å². The summed E-state index contributed by atoms with van der Waals surface area (Å²) in [5.41, 5.74) is -0.405. The third kappa shape index (κ3) is 4.97. The summed E-state index contributed by atoms with van der Waals surface area (Å²) >= 11 is 0. The monoisotopic (exact) mass is 479 g/mol. The lowest BCUT2D eigenvalue weighted by Crippen LogP contribution is -2.38. The lowest BCUT2D eigenvalue weighted by Gasteiger charge is -2.37. The Labute approximate surface area is 192 Å². The van der Waals surface area contributed by atoms with Gasteiger partial charge in [0, 0.05) is 29.4 Å². The van der Waals surface area contributed by atoms with Crippen molar-refractivity contribution < 1.29 is 36.7 Å². The molecule has 1 aromatic heterocycles. The van der Waals surface area contributed by atoms with E-state index < -0.39 is 30.1 Å². The fourth-order valence-electron chi connectivity index (χ4n) is 3.96. The molecule has 2 heterocycles. The number of anilines is 1. The summed E-state index contributed by atoms with van der Waals surface area (Å²) in [6, 6.07) is 7.50. The first kappa shape index (κ1) is 23.5. The van der Waals surface area contributed by atoms with Crippen LogP contribution < -0.4 is 9.64 Å². The summed E-state index contributed by atoms with van der Waals surface area (Å²) in [6.45, 7) is 1.75. The van der Waals surface area contributed by atoms with E-state index in [1.165, 1.54) is 24.3 Å². The highest BCUT2D eigenvalue weighted by molar-refractivity contribution is 5.69. The van der Waals surface area contributed by atoms with Gasteiger partial charge >= 0.3 is 12.1 Å². The first-order valence-electron chi connectivity index (χ1n) is 10.6. The van der Waals surface area contributed by atoms with Crippen LogP contribution in [0, 0.1) is 5.82 Å². The number of halogens is 4. The highest BCUT2D eigenvalue weighted by Crippen LogP contribution is 2.41. The second-order valence-corrected chi connectivity index (χ2v) is 8.02. The van der Waals surface area contributed by atoms with Crippen LogP contribution in [0.2, 0.25) is 0 Å². The Morgan fingerprint density at radius 1 is 1.21 bits per heavy atom. The van der Waals surface area contributed by atoms with Gasteiger partial charge in [0.15, 0.2) is 18.2 Å². The summed E-state index contributed by atoms with van der Waals surface area (Å²) < 4.78 is 65.9. The van der Waals surface area contributed by atoms with Gasteiger partial charge in [0.2, 0.25) is 5.82 Å². The molecular formula is C23H21F4N3O4. The van der Waals surface area contributed by atoms with Crippen molar-refractivity contribution in [3.8, 4) is 28.6 Å². The number of carboxylic acid groups (broad SMARTS) is 1. The smallest absolute Gasteiger partial charge is 0.418 e. The van der Waals surface area contributed by atoms with E-state index in [4.69, 9.17) is 14.4 Å². The number of nitrogens with zero attached hydrogens (tertiary/aromatic N) is 3. The van der Waals surface area contributed by atoms with Crippen molar-refractivity contribution >= 4 is 11.7 Å². The van der Waals surface area contributed by atoms with Crippen molar-refractivity contribution in [1.29, 1.82) is 0 Å². The maximum Gasteiger partial charge on any atom is 0.418 e. The Bertz CT molecular complexity index is 1200. The van der Waals surface area contributed by atoms with E-state index in [-0.39, 0.29) is 40.3 Å². The van der Waals surface area contributed by atoms with Gasteiger partial charge in [0.1, 0.15) is 0 Å². The minimum atomic E-state index is -4.58. The van der Waals surface area contributed by atoms with Crippen molar-refractivity contribution in [2.24, 2.45) is 0 Å². The highest BCUT2D eigenvalue weighted by Gasteiger charge is 2.37. The van der Waals surface area contributed by atoms with Gasteiger partial charge in [-0.3, -0.25) is 0 Å². The maximum absolute atomic E-state index is 14.2. The molecule has 34 heavy (non-hydrogen) atoms. The number of aliphatic carboxylic acids is 1. The predicted molar refractivity (Wildman–Crippen MR) is 114 cm³/mol. The Morgan fingerprint density at radius 3 is 2.65 bits per heavy atom. The molecule has 1 N–H and O–H groups in total. The molecule has 0 amide bonds. The Hall–Kier alpha value is -3.63. The number of rotatable bonds is 6. The fraction of sp³-hybridized carbons (Fsp3) is 0.348. The number of hydrogen-bond donors (Lipinski definition) is 1. The summed E-state index contributed by atoms with van der Waals surface area (Å²) in [4.78, 5) is 16.5. The minimum absolute atomic E-state index is 0.00643. The average molecular weight is 479 g/mol. The van der Waals surface area contributed by atoms with Crippen LogP contribution in [0.3, 0.4) is 0 Å². The highest BCUT2D eigenvalue weighted by atomic mass is 19.4. The maximum atomic E-state index is 14.2. The quantitative estimate of drug-likeness (QED) is 0.474. The number of ether oxygens (including phenoxy) is 1. The molecule has 1 unspecified atom stereocenters. The van der Waals surface area contributed by atoms with Gasteiger partial charge in [-0.15, -0.1) is 0 Å². The van der Waals surface area contributed by atoms with Crippen LogP contribution in [0.5, 0.6) is 5.75 Å². The molecule has 180 valence electrons. The third-order valence-corrected chi connectivity index (χ3v) is 5.63. The number of hydrogen-bond acceptors (Lipinski definition) is 6. The molecule has 1 aliphatic heterocycles. The molecule has 0 saturated carbocycles. The van der Waals surface area contributed by atoms with Crippen molar-refractivity contribution in [3.63, 3.8) is 0 Å². The van der Waals surface area contributed by atoms with Gasteiger partial charge < -0.3 is 19.3 Å². The number of benzene rings is 2. The predicted octanol–water partition coefficient (Wildman–Crippen LogP) is 5.40. The zero-order valence-electron chi connectivity index (χ0n) is 18.1. The van der Waals surface area contributed by atoms with Gasteiger partial charge in [-0.1, -0.05) is 5.16 Å². The third-order valence-electron chi connectivity index (χ3n) is 5.63. The van der Waals surface area contributed by atoms with E-state index in [2.05, 4.69) is 10.1 Å². The zero-order chi connectivity index (χ0) is 24.5. The van der Waals surface area contributed by atoms with Crippen molar-refractivity contribution in [2.75, 3.05) is 18.1 Å². The van der Waals surface area contributed by atoms with Crippen molar-refractivity contribution in [1.82, 2.24) is 10.1 Å². The summed E-state index contributed by atoms with van der Waals surface area (Å²) in [7, 11) is 0. The van der Waals surface area contributed by atoms with E-state index >= 15 is 0 Å². The SMILES string of the molecule is CC1CCCCN1c1ccc(-c2nc(-c3ccc(OCC(=O)O)c(F)c3)no2)cc1C(F)(F)F. The summed E-state index contributed by atoms with van der Waals surface area (Å²) in [6.07, 6.45) is -1.95. The second-order valence-electron chi connectivity index (χ2n) is 8.02. The Kier molecular flexibility index (Phi) is 6.45. The molecular weight excluding hydrogens is 458 g/mol.